The molecule has 116 valence electrons. The van der Waals surface area contributed by atoms with Crippen molar-refractivity contribution in [3.8, 4) is 0 Å². The average Bonchev–Trinajstić information content (AvgIpc) is 2.89. The van der Waals surface area contributed by atoms with Crippen molar-refractivity contribution in [2.75, 3.05) is 15.8 Å². The highest BCUT2D eigenvalue weighted by molar-refractivity contribution is 7.92. The van der Waals surface area contributed by atoms with Crippen LogP contribution in [0.2, 0.25) is 0 Å². The highest BCUT2D eigenvalue weighted by Gasteiger charge is 2.38. The maximum Gasteiger partial charge on any atom is 0.256 e. The van der Waals surface area contributed by atoms with Crippen LogP contribution in [0.1, 0.15) is 32.6 Å². The molecule has 0 radical (unpaired) electrons. The zero-order valence-electron chi connectivity index (χ0n) is 11.9. The predicted octanol–water partition coefficient (Wildman–Crippen LogP) is 1.69. The Morgan fingerprint density at radius 3 is 2.24 bits per heavy atom. The van der Waals surface area contributed by atoms with Crippen molar-refractivity contribution in [1.29, 1.82) is 0 Å². The molecular weight excluding hydrogens is 292 g/mol. The van der Waals surface area contributed by atoms with Gasteiger partial charge in [-0.25, -0.2) is 8.42 Å². The van der Waals surface area contributed by atoms with Crippen LogP contribution in [0.15, 0.2) is 24.3 Å². The van der Waals surface area contributed by atoms with Crippen molar-refractivity contribution >= 4 is 27.3 Å². The molecule has 0 aliphatic heterocycles. The SMILES string of the molecule is CCS(=O)(=O)Nc1ccc(NC(=O)C2(O)CCCC2)cc1. The first kappa shape index (κ1) is 15.8. The molecular formula is C14H20N2O4S. The number of benzene rings is 1. The molecule has 0 bridgehead atoms. The lowest BCUT2D eigenvalue weighted by molar-refractivity contribution is -0.133. The lowest BCUT2D eigenvalue weighted by Crippen LogP contribution is -2.40. The van der Waals surface area contributed by atoms with E-state index in [1.807, 2.05) is 0 Å². The van der Waals surface area contributed by atoms with Gasteiger partial charge in [0.1, 0.15) is 5.60 Å². The molecule has 1 fully saturated rings. The molecule has 2 rings (SSSR count). The number of amides is 1. The van der Waals surface area contributed by atoms with Crippen molar-refractivity contribution in [3.05, 3.63) is 24.3 Å². The molecule has 0 unspecified atom stereocenters. The molecule has 0 atom stereocenters. The highest BCUT2D eigenvalue weighted by Crippen LogP contribution is 2.30. The monoisotopic (exact) mass is 312 g/mol. The third-order valence-electron chi connectivity index (χ3n) is 3.65. The Kier molecular flexibility index (Phi) is 4.53. The summed E-state index contributed by atoms with van der Waals surface area (Å²) in [6.45, 7) is 1.55. The van der Waals surface area contributed by atoms with Crippen molar-refractivity contribution < 1.29 is 18.3 Å². The molecule has 0 heterocycles. The maximum atomic E-state index is 12.0. The molecule has 21 heavy (non-hydrogen) atoms. The van der Waals surface area contributed by atoms with Gasteiger partial charge in [-0.2, -0.15) is 0 Å². The Bertz CT molecular complexity index is 604. The van der Waals surface area contributed by atoms with Crippen LogP contribution in [0.3, 0.4) is 0 Å². The zero-order valence-corrected chi connectivity index (χ0v) is 12.7. The number of hydrogen-bond donors (Lipinski definition) is 3. The van der Waals surface area contributed by atoms with Crippen LogP contribution in [-0.4, -0.2) is 30.8 Å². The first-order chi connectivity index (χ1) is 9.85. The molecule has 0 spiro atoms. The van der Waals surface area contributed by atoms with Gasteiger partial charge in [0.05, 0.1) is 5.75 Å². The predicted molar refractivity (Wildman–Crippen MR) is 81.6 cm³/mol. The Morgan fingerprint density at radius 2 is 1.71 bits per heavy atom. The number of aliphatic hydroxyl groups is 1. The molecule has 1 aliphatic rings. The van der Waals surface area contributed by atoms with Crippen molar-refractivity contribution in [3.63, 3.8) is 0 Å². The topological polar surface area (TPSA) is 95.5 Å². The van der Waals surface area contributed by atoms with E-state index in [-0.39, 0.29) is 5.75 Å². The van der Waals surface area contributed by atoms with Gasteiger partial charge in [0, 0.05) is 11.4 Å². The van der Waals surface area contributed by atoms with Crippen LogP contribution in [0, 0.1) is 0 Å². The smallest absolute Gasteiger partial charge is 0.256 e. The van der Waals surface area contributed by atoms with E-state index in [4.69, 9.17) is 0 Å². The summed E-state index contributed by atoms with van der Waals surface area (Å²) < 4.78 is 25.3. The highest BCUT2D eigenvalue weighted by atomic mass is 32.2. The Morgan fingerprint density at radius 1 is 1.19 bits per heavy atom. The van der Waals surface area contributed by atoms with E-state index in [2.05, 4.69) is 10.0 Å². The molecule has 1 saturated carbocycles. The molecule has 6 nitrogen and oxygen atoms in total. The van der Waals surface area contributed by atoms with E-state index in [0.29, 0.717) is 24.2 Å². The van der Waals surface area contributed by atoms with Gasteiger partial charge in [-0.3, -0.25) is 9.52 Å². The minimum atomic E-state index is -3.31. The Labute approximate surface area is 124 Å². The van der Waals surface area contributed by atoms with Crippen LogP contribution in [0.25, 0.3) is 0 Å². The number of carbonyl (C=O) groups is 1. The molecule has 1 amide bonds. The second-order valence-electron chi connectivity index (χ2n) is 5.28. The van der Waals surface area contributed by atoms with E-state index < -0.39 is 21.5 Å². The van der Waals surface area contributed by atoms with Gasteiger partial charge in [-0.05, 0) is 56.9 Å². The van der Waals surface area contributed by atoms with Crippen LogP contribution in [-0.2, 0) is 14.8 Å². The Hall–Kier alpha value is -1.60. The molecule has 0 saturated heterocycles. The normalized spacial score (nSPS) is 17.4. The second-order valence-corrected chi connectivity index (χ2v) is 7.29. The summed E-state index contributed by atoms with van der Waals surface area (Å²) in [5.41, 5.74) is -0.308. The van der Waals surface area contributed by atoms with E-state index in [0.717, 1.165) is 12.8 Å². The fraction of sp³-hybridized carbons (Fsp3) is 0.500. The summed E-state index contributed by atoms with van der Waals surface area (Å²) in [4.78, 5) is 12.0. The Balaban J connectivity index is 2.01. The molecule has 1 aliphatic carbocycles. The third-order valence-corrected chi connectivity index (χ3v) is 4.96. The number of sulfonamides is 1. The summed E-state index contributed by atoms with van der Waals surface area (Å²) in [5, 5.41) is 12.8. The van der Waals surface area contributed by atoms with E-state index in [9.17, 15) is 18.3 Å². The molecule has 1 aromatic rings. The second kappa shape index (κ2) is 6.03. The van der Waals surface area contributed by atoms with Crippen LogP contribution >= 0.6 is 0 Å². The van der Waals surface area contributed by atoms with Gasteiger partial charge in [-0.15, -0.1) is 0 Å². The number of nitrogens with one attached hydrogen (secondary N) is 2. The van der Waals surface area contributed by atoms with Gasteiger partial charge in [0.15, 0.2) is 0 Å². The first-order valence-corrected chi connectivity index (χ1v) is 8.64. The van der Waals surface area contributed by atoms with Crippen LogP contribution < -0.4 is 10.0 Å². The largest absolute Gasteiger partial charge is 0.380 e. The first-order valence-electron chi connectivity index (χ1n) is 6.99. The summed E-state index contributed by atoms with van der Waals surface area (Å²) in [6, 6.07) is 6.34. The van der Waals surface area contributed by atoms with E-state index in [1.165, 1.54) is 0 Å². The number of rotatable bonds is 5. The summed E-state index contributed by atoms with van der Waals surface area (Å²) in [5.74, 6) is -0.402. The fourth-order valence-electron chi connectivity index (χ4n) is 2.31. The lowest BCUT2D eigenvalue weighted by atomic mass is 10.0. The standard InChI is InChI=1S/C14H20N2O4S/c1-2-21(19,20)16-12-7-5-11(6-8-12)15-13(17)14(18)9-3-4-10-14/h5-8,16,18H,2-4,9-10H2,1H3,(H,15,17). The summed E-state index contributed by atoms with van der Waals surface area (Å²) in [6.07, 6.45) is 2.66. The van der Waals surface area contributed by atoms with Gasteiger partial charge in [-0.1, -0.05) is 0 Å². The molecule has 0 aromatic heterocycles. The van der Waals surface area contributed by atoms with Gasteiger partial charge in [0.25, 0.3) is 5.91 Å². The van der Waals surface area contributed by atoms with E-state index in [1.54, 1.807) is 31.2 Å². The maximum absolute atomic E-state index is 12.0. The fourth-order valence-corrected chi connectivity index (χ4v) is 2.95. The number of carbonyl (C=O) groups excluding carboxylic acids is 1. The summed E-state index contributed by atoms with van der Waals surface area (Å²) >= 11 is 0. The molecule has 3 N–H and O–H groups in total. The van der Waals surface area contributed by atoms with Crippen molar-refractivity contribution in [2.24, 2.45) is 0 Å². The number of hydrogen-bond acceptors (Lipinski definition) is 4. The third kappa shape index (κ3) is 3.95. The number of anilines is 2. The average molecular weight is 312 g/mol. The van der Waals surface area contributed by atoms with Gasteiger partial charge < -0.3 is 10.4 Å². The minimum Gasteiger partial charge on any atom is -0.380 e. The van der Waals surface area contributed by atoms with Crippen molar-refractivity contribution in [2.45, 2.75) is 38.2 Å². The minimum absolute atomic E-state index is 0.00147. The molecule has 1 aromatic carbocycles. The van der Waals surface area contributed by atoms with Crippen LogP contribution in [0.4, 0.5) is 11.4 Å². The lowest BCUT2D eigenvalue weighted by Gasteiger charge is -2.21. The van der Waals surface area contributed by atoms with Crippen LogP contribution in [0.5, 0.6) is 0 Å². The molecule has 7 heteroatoms. The van der Waals surface area contributed by atoms with Gasteiger partial charge in [0.2, 0.25) is 10.0 Å². The zero-order chi connectivity index (χ0) is 15.5. The van der Waals surface area contributed by atoms with Gasteiger partial charge >= 0.3 is 0 Å². The van der Waals surface area contributed by atoms with Crippen molar-refractivity contribution in [1.82, 2.24) is 0 Å². The van der Waals surface area contributed by atoms with E-state index >= 15 is 0 Å². The summed E-state index contributed by atoms with van der Waals surface area (Å²) in [7, 11) is -3.31. The quantitative estimate of drug-likeness (QED) is 0.771.